The molecule has 2 aromatic carbocycles. The fourth-order valence-electron chi connectivity index (χ4n) is 2.80. The van der Waals surface area contributed by atoms with Crippen LogP contribution in [0.2, 0.25) is 0 Å². The predicted molar refractivity (Wildman–Crippen MR) is 106 cm³/mol. The van der Waals surface area contributed by atoms with Crippen LogP contribution >= 0.6 is 22.6 Å². The highest BCUT2D eigenvalue weighted by molar-refractivity contribution is 14.1. The summed E-state index contributed by atoms with van der Waals surface area (Å²) in [5.74, 6) is 1.60. The van der Waals surface area contributed by atoms with Crippen LogP contribution in [0, 0.1) is 3.57 Å². The second kappa shape index (κ2) is 8.37. The van der Waals surface area contributed by atoms with E-state index < -0.39 is 0 Å². The number of rotatable bonds is 6. The molecule has 0 saturated heterocycles. The molecule has 0 aromatic heterocycles. The van der Waals surface area contributed by atoms with Crippen LogP contribution < -0.4 is 14.9 Å². The number of ether oxygens (including phenoxy) is 2. The third-order valence-corrected chi connectivity index (χ3v) is 4.82. The second-order valence-corrected chi connectivity index (χ2v) is 6.96. The first-order chi connectivity index (χ1) is 11.8. The van der Waals surface area contributed by atoms with Crippen LogP contribution in [0.3, 0.4) is 0 Å². The molecule has 0 unspecified atom stereocenters. The number of nitrogens with one attached hydrogen (secondary N) is 1. The first-order valence-corrected chi connectivity index (χ1v) is 9.22. The number of methoxy groups -OCH3 is 1. The molecule has 0 amide bonds. The Labute approximate surface area is 156 Å². The topological polar surface area (TPSA) is 42.8 Å². The van der Waals surface area contributed by atoms with E-state index in [0.717, 1.165) is 39.2 Å². The highest BCUT2D eigenvalue weighted by Gasteiger charge is 2.20. The van der Waals surface area contributed by atoms with Gasteiger partial charge in [-0.1, -0.05) is 18.2 Å². The van der Waals surface area contributed by atoms with E-state index in [1.165, 1.54) is 12.8 Å². The van der Waals surface area contributed by atoms with Gasteiger partial charge in [-0.15, -0.1) is 0 Å². The summed E-state index contributed by atoms with van der Waals surface area (Å²) >= 11 is 2.30. The number of para-hydroxylation sites is 1. The highest BCUT2D eigenvalue weighted by atomic mass is 127. The summed E-state index contributed by atoms with van der Waals surface area (Å²) in [6.45, 7) is 0. The smallest absolute Gasteiger partial charge is 0.174 e. The van der Waals surface area contributed by atoms with E-state index in [2.05, 4.69) is 39.2 Å². The molecular formula is C19H21IN2O2. The molecule has 4 nitrogen and oxygen atoms in total. The Hall–Kier alpha value is -1.76. The van der Waals surface area contributed by atoms with E-state index in [4.69, 9.17) is 9.47 Å². The third kappa shape index (κ3) is 4.41. The van der Waals surface area contributed by atoms with Crippen molar-refractivity contribution >= 4 is 34.5 Å². The number of hydrogen-bond donors (Lipinski definition) is 1. The molecule has 0 bridgehead atoms. The van der Waals surface area contributed by atoms with E-state index in [1.807, 2.05) is 36.4 Å². The Morgan fingerprint density at radius 2 is 1.92 bits per heavy atom. The van der Waals surface area contributed by atoms with Gasteiger partial charge in [0.25, 0.3) is 0 Å². The lowest BCUT2D eigenvalue weighted by atomic mass is 10.2. The number of nitrogens with zero attached hydrogens (tertiary/aromatic N) is 1. The summed E-state index contributed by atoms with van der Waals surface area (Å²) in [4.78, 5) is 0. The first kappa shape index (κ1) is 17.1. The standard InChI is InChI=1S/C19H21IN2O2/c1-23-18-12-14(13-21-22-15-7-3-2-4-8-15)11-17(20)19(18)24-16-9-5-6-10-16/h2-4,7-8,11-13,16,22H,5-6,9-10H2,1H3. The van der Waals surface area contributed by atoms with Gasteiger partial charge >= 0.3 is 0 Å². The molecule has 0 aliphatic heterocycles. The molecule has 2 aromatic rings. The average molecular weight is 436 g/mol. The largest absolute Gasteiger partial charge is 0.493 e. The fourth-order valence-corrected chi connectivity index (χ4v) is 3.55. The quantitative estimate of drug-likeness (QED) is 0.391. The maximum absolute atomic E-state index is 6.16. The van der Waals surface area contributed by atoms with Gasteiger partial charge in [-0.2, -0.15) is 5.10 Å². The van der Waals surface area contributed by atoms with Crippen LogP contribution in [0.4, 0.5) is 5.69 Å². The molecule has 5 heteroatoms. The molecule has 1 N–H and O–H groups in total. The maximum atomic E-state index is 6.16. The van der Waals surface area contributed by atoms with Crippen LogP contribution in [0.25, 0.3) is 0 Å². The monoisotopic (exact) mass is 436 g/mol. The van der Waals surface area contributed by atoms with Gasteiger partial charge in [0.1, 0.15) is 0 Å². The zero-order valence-corrected chi connectivity index (χ0v) is 15.8. The van der Waals surface area contributed by atoms with Gasteiger partial charge < -0.3 is 9.47 Å². The van der Waals surface area contributed by atoms with Crippen LogP contribution in [0.1, 0.15) is 31.2 Å². The van der Waals surface area contributed by atoms with Gasteiger partial charge in [0.2, 0.25) is 0 Å². The van der Waals surface area contributed by atoms with Crippen molar-refractivity contribution < 1.29 is 9.47 Å². The zero-order chi connectivity index (χ0) is 16.8. The Morgan fingerprint density at radius 1 is 1.17 bits per heavy atom. The van der Waals surface area contributed by atoms with Crippen LogP contribution in [-0.4, -0.2) is 19.4 Å². The van der Waals surface area contributed by atoms with Crippen LogP contribution in [0.5, 0.6) is 11.5 Å². The SMILES string of the molecule is COc1cc(C=NNc2ccccc2)cc(I)c1OC1CCCC1. The Kier molecular flexibility index (Phi) is 5.96. The van der Waals surface area contributed by atoms with Gasteiger partial charge in [0.05, 0.1) is 28.7 Å². The third-order valence-electron chi connectivity index (χ3n) is 4.02. The van der Waals surface area contributed by atoms with Gasteiger partial charge in [-0.05, 0) is 78.1 Å². The van der Waals surface area contributed by atoms with Crippen LogP contribution in [-0.2, 0) is 0 Å². The Balaban J connectivity index is 1.73. The molecule has 0 radical (unpaired) electrons. The predicted octanol–water partition coefficient (Wildman–Crippen LogP) is 5.07. The Bertz CT molecular complexity index is 698. The van der Waals surface area contributed by atoms with Gasteiger partial charge in [-0.25, -0.2) is 0 Å². The number of hydrazone groups is 1. The zero-order valence-electron chi connectivity index (χ0n) is 13.7. The Morgan fingerprint density at radius 3 is 2.62 bits per heavy atom. The van der Waals surface area contributed by atoms with Crippen molar-refractivity contribution in [2.24, 2.45) is 5.10 Å². The fraction of sp³-hybridized carbons (Fsp3) is 0.316. The molecule has 24 heavy (non-hydrogen) atoms. The summed E-state index contributed by atoms with van der Waals surface area (Å²) in [6.07, 6.45) is 6.86. The molecule has 126 valence electrons. The van der Waals surface area contributed by atoms with Crippen molar-refractivity contribution in [1.82, 2.24) is 0 Å². The molecule has 0 spiro atoms. The number of hydrogen-bond acceptors (Lipinski definition) is 4. The molecule has 1 fully saturated rings. The van der Waals surface area contributed by atoms with Crippen molar-refractivity contribution in [2.75, 3.05) is 12.5 Å². The van der Waals surface area contributed by atoms with Crippen molar-refractivity contribution in [2.45, 2.75) is 31.8 Å². The second-order valence-electron chi connectivity index (χ2n) is 5.79. The van der Waals surface area contributed by atoms with E-state index >= 15 is 0 Å². The summed E-state index contributed by atoms with van der Waals surface area (Å²) in [6, 6.07) is 13.9. The van der Waals surface area contributed by atoms with E-state index in [-0.39, 0.29) is 0 Å². The molecule has 1 aliphatic carbocycles. The molecule has 0 heterocycles. The summed E-state index contributed by atoms with van der Waals surface area (Å²) in [7, 11) is 1.68. The lowest BCUT2D eigenvalue weighted by Gasteiger charge is -2.17. The average Bonchev–Trinajstić information content (AvgIpc) is 3.11. The summed E-state index contributed by atoms with van der Waals surface area (Å²) in [5.41, 5.74) is 4.94. The van der Waals surface area contributed by atoms with Crippen molar-refractivity contribution in [3.63, 3.8) is 0 Å². The van der Waals surface area contributed by atoms with Crippen LogP contribution in [0.15, 0.2) is 47.6 Å². The van der Waals surface area contributed by atoms with E-state index in [0.29, 0.717) is 6.10 Å². The molecule has 1 aliphatic rings. The van der Waals surface area contributed by atoms with Gasteiger partial charge in [-0.3, -0.25) is 5.43 Å². The lowest BCUT2D eigenvalue weighted by Crippen LogP contribution is -2.12. The van der Waals surface area contributed by atoms with Crippen molar-refractivity contribution in [3.05, 3.63) is 51.6 Å². The van der Waals surface area contributed by atoms with Gasteiger partial charge in [0, 0.05) is 0 Å². The number of anilines is 1. The minimum absolute atomic E-state index is 0.312. The molecule has 3 rings (SSSR count). The first-order valence-electron chi connectivity index (χ1n) is 8.14. The summed E-state index contributed by atoms with van der Waals surface area (Å²) < 4.78 is 12.7. The molecule has 0 atom stereocenters. The van der Waals surface area contributed by atoms with Crippen molar-refractivity contribution in [3.8, 4) is 11.5 Å². The van der Waals surface area contributed by atoms with Crippen molar-refractivity contribution in [1.29, 1.82) is 0 Å². The molecular weight excluding hydrogens is 415 g/mol. The van der Waals surface area contributed by atoms with Gasteiger partial charge in [0.15, 0.2) is 11.5 Å². The van der Waals surface area contributed by atoms with E-state index in [9.17, 15) is 0 Å². The molecule has 1 saturated carbocycles. The maximum Gasteiger partial charge on any atom is 0.174 e. The number of halogens is 1. The minimum atomic E-state index is 0.312. The number of benzene rings is 2. The summed E-state index contributed by atoms with van der Waals surface area (Å²) in [5, 5.41) is 4.29. The lowest BCUT2D eigenvalue weighted by molar-refractivity contribution is 0.199. The minimum Gasteiger partial charge on any atom is -0.493 e. The van der Waals surface area contributed by atoms with E-state index in [1.54, 1.807) is 13.3 Å². The highest BCUT2D eigenvalue weighted by Crippen LogP contribution is 2.36. The normalized spacial score (nSPS) is 14.9.